The van der Waals surface area contributed by atoms with Crippen molar-refractivity contribution in [1.29, 1.82) is 0 Å². The van der Waals surface area contributed by atoms with Crippen LogP contribution >= 0.6 is 11.8 Å². The minimum atomic E-state index is -0.182. The van der Waals surface area contributed by atoms with E-state index in [0.29, 0.717) is 23.8 Å². The molecule has 0 unspecified atom stereocenters. The van der Waals surface area contributed by atoms with Gasteiger partial charge in [0.25, 0.3) is 0 Å². The molecule has 1 aromatic carbocycles. The number of thioether (sulfide) groups is 1. The van der Waals surface area contributed by atoms with Crippen LogP contribution in [0.5, 0.6) is 0 Å². The van der Waals surface area contributed by atoms with Gasteiger partial charge in [-0.3, -0.25) is 0 Å². The molecular weight excluding hydrogens is 273 g/mol. The number of hydrogen-bond donors (Lipinski definition) is 0. The maximum atomic E-state index is 13.6. The molecule has 1 heterocycles. The number of nitrogens with zero attached hydrogens (tertiary/aromatic N) is 3. The van der Waals surface area contributed by atoms with Gasteiger partial charge in [-0.1, -0.05) is 49.9 Å². The van der Waals surface area contributed by atoms with E-state index in [4.69, 9.17) is 0 Å². The Morgan fingerprint density at radius 1 is 1.35 bits per heavy atom. The lowest BCUT2D eigenvalue weighted by molar-refractivity contribution is 0.616. The Kier molecular flexibility index (Phi) is 4.95. The van der Waals surface area contributed by atoms with Crippen LogP contribution in [0, 0.1) is 5.82 Å². The van der Waals surface area contributed by atoms with Crippen LogP contribution in [0.25, 0.3) is 0 Å². The van der Waals surface area contributed by atoms with Crippen molar-refractivity contribution >= 4 is 11.8 Å². The SMILES string of the molecule is C=CCn1c(SCc2ccccc2F)nnc1C(C)C. The summed E-state index contributed by atoms with van der Waals surface area (Å²) in [6, 6.07) is 6.80. The van der Waals surface area contributed by atoms with E-state index in [1.807, 2.05) is 16.7 Å². The zero-order chi connectivity index (χ0) is 14.5. The maximum Gasteiger partial charge on any atom is 0.191 e. The molecule has 3 nitrogen and oxygen atoms in total. The molecule has 0 N–H and O–H groups in total. The van der Waals surface area contributed by atoms with Crippen LogP contribution < -0.4 is 0 Å². The molecule has 2 aromatic rings. The van der Waals surface area contributed by atoms with Gasteiger partial charge in [-0.25, -0.2) is 4.39 Å². The second kappa shape index (κ2) is 6.70. The Morgan fingerprint density at radius 2 is 2.10 bits per heavy atom. The molecule has 0 fully saturated rings. The molecule has 0 amide bonds. The molecule has 20 heavy (non-hydrogen) atoms. The Balaban J connectivity index is 2.17. The molecule has 106 valence electrons. The summed E-state index contributed by atoms with van der Waals surface area (Å²) in [5.74, 6) is 1.59. The summed E-state index contributed by atoms with van der Waals surface area (Å²) in [6.45, 7) is 8.59. The summed E-state index contributed by atoms with van der Waals surface area (Å²) in [7, 11) is 0. The van der Waals surface area contributed by atoms with Gasteiger partial charge in [0.2, 0.25) is 0 Å². The monoisotopic (exact) mass is 291 g/mol. The Labute approximate surface area is 122 Å². The van der Waals surface area contributed by atoms with Crippen molar-refractivity contribution in [3.05, 3.63) is 54.1 Å². The standard InChI is InChI=1S/C15H18FN3S/c1-4-9-19-14(11(2)3)17-18-15(19)20-10-12-7-5-6-8-13(12)16/h4-8,11H,1,9-10H2,2-3H3. The van der Waals surface area contributed by atoms with Gasteiger partial charge in [0.15, 0.2) is 5.16 Å². The second-order valence-electron chi connectivity index (χ2n) is 4.77. The smallest absolute Gasteiger partial charge is 0.191 e. The summed E-state index contributed by atoms with van der Waals surface area (Å²) in [4.78, 5) is 0. The average molecular weight is 291 g/mol. The minimum absolute atomic E-state index is 0.182. The van der Waals surface area contributed by atoms with E-state index in [-0.39, 0.29) is 5.82 Å². The summed E-state index contributed by atoms with van der Waals surface area (Å²) in [6.07, 6.45) is 1.82. The third kappa shape index (κ3) is 3.28. The number of aromatic nitrogens is 3. The normalized spacial score (nSPS) is 11.0. The molecule has 0 bridgehead atoms. The first kappa shape index (κ1) is 14.8. The lowest BCUT2D eigenvalue weighted by Gasteiger charge is -2.09. The maximum absolute atomic E-state index is 13.6. The number of halogens is 1. The summed E-state index contributed by atoms with van der Waals surface area (Å²) in [5.41, 5.74) is 0.678. The molecular formula is C15H18FN3S. The molecule has 0 spiro atoms. The van der Waals surface area contributed by atoms with Crippen molar-refractivity contribution in [3.8, 4) is 0 Å². The number of benzene rings is 1. The lowest BCUT2D eigenvalue weighted by Crippen LogP contribution is -2.05. The van der Waals surface area contributed by atoms with E-state index in [2.05, 4.69) is 30.6 Å². The van der Waals surface area contributed by atoms with Gasteiger partial charge < -0.3 is 4.57 Å². The fourth-order valence-corrected chi connectivity index (χ4v) is 2.83. The molecule has 0 radical (unpaired) electrons. The van der Waals surface area contributed by atoms with Crippen molar-refractivity contribution in [2.24, 2.45) is 0 Å². The van der Waals surface area contributed by atoms with E-state index in [9.17, 15) is 4.39 Å². The molecule has 0 aliphatic heterocycles. The van der Waals surface area contributed by atoms with E-state index in [0.717, 1.165) is 11.0 Å². The van der Waals surface area contributed by atoms with Crippen molar-refractivity contribution in [1.82, 2.24) is 14.8 Å². The summed E-state index contributed by atoms with van der Waals surface area (Å²) in [5, 5.41) is 9.23. The molecule has 5 heteroatoms. The third-order valence-electron chi connectivity index (χ3n) is 2.89. The molecule has 0 saturated carbocycles. The molecule has 0 aliphatic carbocycles. The van der Waals surface area contributed by atoms with Gasteiger partial charge in [-0.2, -0.15) is 0 Å². The zero-order valence-electron chi connectivity index (χ0n) is 11.7. The lowest BCUT2D eigenvalue weighted by atomic mass is 10.2. The highest BCUT2D eigenvalue weighted by Crippen LogP contribution is 2.25. The topological polar surface area (TPSA) is 30.7 Å². The van der Waals surface area contributed by atoms with Gasteiger partial charge in [0, 0.05) is 18.2 Å². The molecule has 2 rings (SSSR count). The zero-order valence-corrected chi connectivity index (χ0v) is 12.5. The highest BCUT2D eigenvalue weighted by atomic mass is 32.2. The van der Waals surface area contributed by atoms with Crippen LogP contribution in [0.3, 0.4) is 0 Å². The van der Waals surface area contributed by atoms with Crippen molar-refractivity contribution in [3.63, 3.8) is 0 Å². The Morgan fingerprint density at radius 3 is 2.75 bits per heavy atom. The van der Waals surface area contributed by atoms with E-state index in [1.54, 1.807) is 12.1 Å². The fraction of sp³-hybridized carbons (Fsp3) is 0.333. The molecule has 0 aliphatic rings. The van der Waals surface area contributed by atoms with Crippen molar-refractivity contribution in [2.75, 3.05) is 0 Å². The number of hydrogen-bond acceptors (Lipinski definition) is 3. The van der Waals surface area contributed by atoms with Crippen LogP contribution in [0.2, 0.25) is 0 Å². The van der Waals surface area contributed by atoms with Crippen molar-refractivity contribution < 1.29 is 4.39 Å². The average Bonchev–Trinajstić information content (AvgIpc) is 2.82. The van der Waals surface area contributed by atoms with E-state index >= 15 is 0 Å². The van der Waals surface area contributed by atoms with Crippen LogP contribution in [0.1, 0.15) is 31.2 Å². The summed E-state index contributed by atoms with van der Waals surface area (Å²) >= 11 is 1.49. The predicted octanol–water partition coefficient (Wildman–Crippen LogP) is 4.02. The second-order valence-corrected chi connectivity index (χ2v) is 5.72. The number of rotatable bonds is 6. The van der Waals surface area contributed by atoms with Crippen LogP contribution in [-0.2, 0) is 12.3 Å². The first-order chi connectivity index (χ1) is 9.63. The van der Waals surface area contributed by atoms with Crippen LogP contribution in [-0.4, -0.2) is 14.8 Å². The van der Waals surface area contributed by atoms with Gasteiger partial charge in [-0.05, 0) is 11.6 Å². The van der Waals surface area contributed by atoms with E-state index < -0.39 is 0 Å². The molecule has 0 atom stereocenters. The predicted molar refractivity (Wildman–Crippen MR) is 80.3 cm³/mol. The quantitative estimate of drug-likeness (QED) is 0.595. The van der Waals surface area contributed by atoms with Gasteiger partial charge >= 0.3 is 0 Å². The Bertz CT molecular complexity index is 593. The first-order valence-corrected chi connectivity index (χ1v) is 7.52. The van der Waals surface area contributed by atoms with Crippen LogP contribution in [0.15, 0.2) is 42.1 Å². The van der Waals surface area contributed by atoms with Gasteiger partial charge in [-0.15, -0.1) is 16.8 Å². The highest BCUT2D eigenvalue weighted by Gasteiger charge is 2.14. The number of allylic oxidation sites excluding steroid dienone is 1. The highest BCUT2D eigenvalue weighted by molar-refractivity contribution is 7.98. The molecule has 0 saturated heterocycles. The molecule has 1 aromatic heterocycles. The van der Waals surface area contributed by atoms with Gasteiger partial charge in [0.1, 0.15) is 11.6 Å². The minimum Gasteiger partial charge on any atom is -0.302 e. The Hall–Kier alpha value is -1.62. The van der Waals surface area contributed by atoms with E-state index in [1.165, 1.54) is 17.8 Å². The summed E-state index contributed by atoms with van der Waals surface area (Å²) < 4.78 is 15.6. The third-order valence-corrected chi connectivity index (χ3v) is 3.90. The van der Waals surface area contributed by atoms with Gasteiger partial charge in [0.05, 0.1) is 0 Å². The van der Waals surface area contributed by atoms with Crippen molar-refractivity contribution in [2.45, 2.75) is 37.2 Å². The van der Waals surface area contributed by atoms with Crippen LogP contribution in [0.4, 0.5) is 4.39 Å². The first-order valence-electron chi connectivity index (χ1n) is 6.53. The fourth-order valence-electron chi connectivity index (χ4n) is 1.89. The largest absolute Gasteiger partial charge is 0.302 e.